The Labute approximate surface area is 149 Å². The van der Waals surface area contributed by atoms with Crippen molar-refractivity contribution in [2.45, 2.75) is 49.2 Å². The van der Waals surface area contributed by atoms with E-state index >= 15 is 0 Å². The van der Waals surface area contributed by atoms with Gasteiger partial charge in [0.15, 0.2) is 0 Å². The van der Waals surface area contributed by atoms with Gasteiger partial charge in [-0.2, -0.15) is 13.2 Å². The second-order valence-corrected chi connectivity index (χ2v) is 8.20. The number of non-ortho nitro benzene ring substituents is 1. The average Bonchev–Trinajstić information content (AvgIpc) is 2.55. The molecule has 0 radical (unpaired) electrons. The van der Waals surface area contributed by atoms with Gasteiger partial charge in [-0.1, -0.05) is 19.8 Å². The first-order valence-corrected chi connectivity index (χ1v) is 9.51. The Bertz CT molecular complexity index is 798. The molecule has 3 N–H and O–H groups in total. The van der Waals surface area contributed by atoms with Gasteiger partial charge in [-0.25, -0.2) is 13.1 Å². The molecule has 1 saturated carbocycles. The van der Waals surface area contributed by atoms with E-state index < -0.39 is 42.8 Å². The molecule has 1 aliphatic rings. The molecular weight excluding hydrogens is 375 g/mol. The monoisotopic (exact) mass is 395 g/mol. The molecule has 2 unspecified atom stereocenters. The summed E-state index contributed by atoms with van der Waals surface area (Å²) >= 11 is 0. The quantitative estimate of drug-likeness (QED) is 0.588. The van der Waals surface area contributed by atoms with Crippen LogP contribution < -0.4 is 10.5 Å². The van der Waals surface area contributed by atoms with Gasteiger partial charge in [0.25, 0.3) is 5.69 Å². The first-order valence-electron chi connectivity index (χ1n) is 8.02. The third-order valence-electron chi connectivity index (χ3n) is 4.92. The number of sulfonamides is 1. The number of hydrogen-bond donors (Lipinski definition) is 2. The molecule has 0 heterocycles. The lowest BCUT2D eigenvalue weighted by Gasteiger charge is -2.42. The normalized spacial score (nSPS) is 24.4. The third kappa shape index (κ3) is 3.99. The van der Waals surface area contributed by atoms with Crippen LogP contribution in [0.1, 0.15) is 38.2 Å². The van der Waals surface area contributed by atoms with E-state index in [0.717, 1.165) is 12.5 Å². The van der Waals surface area contributed by atoms with E-state index in [4.69, 9.17) is 5.73 Å². The van der Waals surface area contributed by atoms with Crippen LogP contribution in [-0.2, 0) is 16.2 Å². The van der Waals surface area contributed by atoms with Crippen LogP contribution in [0.25, 0.3) is 0 Å². The minimum Gasteiger partial charge on any atom is -0.329 e. The predicted molar refractivity (Wildman–Crippen MR) is 87.8 cm³/mol. The molecule has 2 atom stereocenters. The van der Waals surface area contributed by atoms with Gasteiger partial charge in [0.1, 0.15) is 0 Å². The first-order chi connectivity index (χ1) is 11.9. The summed E-state index contributed by atoms with van der Waals surface area (Å²) < 4.78 is 67.8. The summed E-state index contributed by atoms with van der Waals surface area (Å²) in [5, 5.41) is 10.8. The van der Waals surface area contributed by atoms with Gasteiger partial charge in [-0.05, 0) is 24.8 Å². The van der Waals surface area contributed by atoms with Crippen molar-refractivity contribution >= 4 is 15.7 Å². The van der Waals surface area contributed by atoms with Crippen molar-refractivity contribution in [1.29, 1.82) is 0 Å². The number of halogens is 3. The molecule has 0 aromatic heterocycles. The van der Waals surface area contributed by atoms with Crippen molar-refractivity contribution in [3.63, 3.8) is 0 Å². The van der Waals surface area contributed by atoms with Crippen LogP contribution in [0.2, 0.25) is 0 Å². The van der Waals surface area contributed by atoms with Crippen LogP contribution >= 0.6 is 0 Å². The minimum atomic E-state index is -5.07. The highest BCUT2D eigenvalue weighted by Gasteiger charge is 2.44. The van der Waals surface area contributed by atoms with Crippen LogP contribution in [0, 0.1) is 16.0 Å². The highest BCUT2D eigenvalue weighted by molar-refractivity contribution is 7.89. The number of nitrogens with two attached hydrogens (primary N) is 1. The summed E-state index contributed by atoms with van der Waals surface area (Å²) in [7, 11) is -4.59. The van der Waals surface area contributed by atoms with Crippen molar-refractivity contribution in [2.24, 2.45) is 11.7 Å². The second kappa shape index (κ2) is 7.12. The number of benzene rings is 1. The van der Waals surface area contributed by atoms with E-state index in [2.05, 4.69) is 4.72 Å². The lowest BCUT2D eigenvalue weighted by Crippen LogP contribution is -2.59. The highest BCUT2D eigenvalue weighted by atomic mass is 32.2. The molecule has 11 heteroatoms. The zero-order valence-electron chi connectivity index (χ0n) is 14.0. The Balaban J connectivity index is 2.53. The molecule has 0 saturated heterocycles. The summed E-state index contributed by atoms with van der Waals surface area (Å²) in [5.41, 5.74) is 2.31. The first kappa shape index (κ1) is 20.6. The molecule has 7 nitrogen and oxygen atoms in total. The highest BCUT2D eigenvalue weighted by Crippen LogP contribution is 2.38. The lowest BCUT2D eigenvalue weighted by atomic mass is 9.74. The van der Waals surface area contributed by atoms with E-state index in [-0.39, 0.29) is 18.5 Å². The Morgan fingerprint density at radius 2 is 2.04 bits per heavy atom. The topological polar surface area (TPSA) is 115 Å². The maximum absolute atomic E-state index is 13.3. The lowest BCUT2D eigenvalue weighted by molar-refractivity contribution is -0.385. The number of nitro benzene ring substituents is 1. The Morgan fingerprint density at radius 1 is 1.38 bits per heavy atom. The van der Waals surface area contributed by atoms with Gasteiger partial charge in [0.2, 0.25) is 10.0 Å². The SMILES string of the molecule is CC1CCCCC1(CN)NS(=O)(=O)c1ccc([N+](=O)[O-])cc1C(F)(F)F. The zero-order chi connectivity index (χ0) is 19.8. The van der Waals surface area contributed by atoms with Crippen LogP contribution in [-0.4, -0.2) is 25.4 Å². The van der Waals surface area contributed by atoms with Gasteiger partial charge in [-0.3, -0.25) is 10.1 Å². The molecule has 1 fully saturated rings. The molecule has 0 amide bonds. The van der Waals surface area contributed by atoms with Crippen molar-refractivity contribution in [3.05, 3.63) is 33.9 Å². The van der Waals surface area contributed by atoms with Crippen molar-refractivity contribution in [1.82, 2.24) is 4.72 Å². The number of hydrogen-bond acceptors (Lipinski definition) is 5. The van der Waals surface area contributed by atoms with Crippen molar-refractivity contribution in [3.8, 4) is 0 Å². The molecule has 1 aromatic rings. The van der Waals surface area contributed by atoms with E-state index in [0.29, 0.717) is 25.3 Å². The Kier molecular flexibility index (Phi) is 5.64. The second-order valence-electron chi connectivity index (χ2n) is 6.55. The van der Waals surface area contributed by atoms with Crippen LogP contribution in [0.5, 0.6) is 0 Å². The Morgan fingerprint density at radius 3 is 2.54 bits per heavy atom. The third-order valence-corrected chi connectivity index (χ3v) is 6.53. The summed E-state index contributed by atoms with van der Waals surface area (Å²) in [4.78, 5) is 8.70. The average molecular weight is 395 g/mol. The molecular formula is C15H20F3N3O4S. The van der Waals surface area contributed by atoms with Crippen LogP contribution in [0.4, 0.5) is 18.9 Å². The molecule has 1 aromatic carbocycles. The smallest absolute Gasteiger partial charge is 0.329 e. The molecule has 26 heavy (non-hydrogen) atoms. The van der Waals surface area contributed by atoms with E-state index in [9.17, 15) is 31.7 Å². The largest absolute Gasteiger partial charge is 0.417 e. The fraction of sp³-hybridized carbons (Fsp3) is 0.600. The Hall–Kier alpha value is -1.72. The van der Waals surface area contributed by atoms with Crippen molar-refractivity contribution in [2.75, 3.05) is 6.54 Å². The summed E-state index contributed by atoms with van der Waals surface area (Å²) in [5.74, 6) is -0.150. The van der Waals surface area contributed by atoms with Crippen LogP contribution in [0.15, 0.2) is 23.1 Å². The minimum absolute atomic E-state index is 0.0538. The van der Waals surface area contributed by atoms with E-state index in [1.165, 1.54) is 0 Å². The van der Waals surface area contributed by atoms with E-state index in [1.54, 1.807) is 6.92 Å². The molecule has 0 aliphatic heterocycles. The summed E-state index contributed by atoms with van der Waals surface area (Å²) in [6, 6.07) is 1.58. The van der Waals surface area contributed by atoms with Crippen molar-refractivity contribution < 1.29 is 26.5 Å². The molecule has 146 valence electrons. The maximum atomic E-state index is 13.3. The van der Waals surface area contributed by atoms with Gasteiger partial charge < -0.3 is 5.73 Å². The van der Waals surface area contributed by atoms with Gasteiger partial charge in [-0.15, -0.1) is 0 Å². The fourth-order valence-corrected chi connectivity index (χ4v) is 5.06. The molecule has 0 spiro atoms. The van der Waals surface area contributed by atoms with Crippen LogP contribution in [0.3, 0.4) is 0 Å². The predicted octanol–water partition coefficient (Wildman–Crippen LogP) is 2.80. The standard InChI is InChI=1S/C15H20F3N3O4S/c1-10-4-2-3-7-14(10,9-19)20-26(24,25)13-6-5-11(21(22)23)8-12(13)15(16,17)18/h5-6,8,10,20H,2-4,7,9,19H2,1H3. The van der Waals surface area contributed by atoms with E-state index in [1.807, 2.05) is 0 Å². The number of alkyl halides is 3. The van der Waals surface area contributed by atoms with Gasteiger partial charge in [0.05, 0.1) is 15.4 Å². The number of nitro groups is 1. The molecule has 2 rings (SSSR count). The number of nitrogens with zero attached hydrogens (tertiary/aromatic N) is 1. The summed E-state index contributed by atoms with van der Waals surface area (Å²) in [6.07, 6.45) is -2.36. The maximum Gasteiger partial charge on any atom is 0.417 e. The number of nitrogens with one attached hydrogen (secondary N) is 1. The molecule has 0 bridgehead atoms. The van der Waals surface area contributed by atoms with Gasteiger partial charge >= 0.3 is 6.18 Å². The van der Waals surface area contributed by atoms with Gasteiger partial charge in [0, 0.05) is 24.2 Å². The molecule has 1 aliphatic carbocycles. The number of rotatable bonds is 5. The fourth-order valence-electron chi connectivity index (χ4n) is 3.32. The zero-order valence-corrected chi connectivity index (χ0v) is 14.9. The summed E-state index contributed by atoms with van der Waals surface area (Å²) in [6.45, 7) is 1.75.